The van der Waals surface area contributed by atoms with Crippen LogP contribution in [0.4, 0.5) is 11.4 Å². The summed E-state index contributed by atoms with van der Waals surface area (Å²) in [6.07, 6.45) is 11.6. The van der Waals surface area contributed by atoms with Crippen LogP contribution in [0.25, 0.3) is 17.2 Å². The van der Waals surface area contributed by atoms with Crippen LogP contribution in [0.15, 0.2) is 84.7 Å². The van der Waals surface area contributed by atoms with Gasteiger partial charge in [-0.3, -0.25) is 14.4 Å². The molecule has 9 heteroatoms. The largest absolute Gasteiger partial charge is 0.493 e. The number of ether oxygens (including phenoxy) is 3. The van der Waals surface area contributed by atoms with Crippen molar-refractivity contribution in [3.8, 4) is 16.9 Å². The van der Waals surface area contributed by atoms with Gasteiger partial charge in [-0.15, -0.1) is 0 Å². The lowest BCUT2D eigenvalue weighted by atomic mass is 9.99. The maximum absolute atomic E-state index is 13.7. The van der Waals surface area contributed by atoms with E-state index < -0.39 is 0 Å². The second-order valence-corrected chi connectivity index (χ2v) is 13.5. The summed E-state index contributed by atoms with van der Waals surface area (Å²) in [6.45, 7) is 11.5. The molecule has 51 heavy (non-hydrogen) atoms. The molecule has 3 aliphatic rings. The van der Waals surface area contributed by atoms with Gasteiger partial charge in [0.05, 0.1) is 19.4 Å². The molecule has 1 N–H and O–H groups in total. The normalized spacial score (nSPS) is 17.2. The fourth-order valence-corrected chi connectivity index (χ4v) is 6.88. The van der Waals surface area contributed by atoms with Gasteiger partial charge < -0.3 is 24.4 Å². The van der Waals surface area contributed by atoms with Gasteiger partial charge in [0.1, 0.15) is 5.75 Å². The molecule has 1 unspecified atom stereocenters. The SMILES string of the molecule is C1CCOC1.CCOc1ccccc1-c1ccc2c(c1)C=C(C(=O)Nc1ccc(CN(C)C3CCCOC3)cc1)CCN2Cc1cnn(CC)c1. The summed E-state index contributed by atoms with van der Waals surface area (Å²) in [6, 6.07) is 23.3. The number of hydrogen-bond acceptors (Lipinski definition) is 7. The molecule has 2 saturated heterocycles. The van der Waals surface area contributed by atoms with Gasteiger partial charge in [0.2, 0.25) is 0 Å². The Hall–Kier alpha value is -4.44. The van der Waals surface area contributed by atoms with Gasteiger partial charge in [-0.1, -0.05) is 36.4 Å². The zero-order valence-corrected chi connectivity index (χ0v) is 30.5. The first kappa shape index (κ1) is 36.4. The van der Waals surface area contributed by atoms with Crippen LogP contribution < -0.4 is 15.0 Å². The van der Waals surface area contributed by atoms with Crippen molar-refractivity contribution in [3.05, 3.63) is 101 Å². The van der Waals surface area contributed by atoms with Crippen LogP contribution in [0, 0.1) is 0 Å². The molecule has 0 bridgehead atoms. The van der Waals surface area contributed by atoms with E-state index in [1.807, 2.05) is 48.1 Å². The Labute approximate surface area is 303 Å². The lowest BCUT2D eigenvalue weighted by Crippen LogP contribution is -2.37. The van der Waals surface area contributed by atoms with Crippen molar-refractivity contribution in [2.45, 2.75) is 71.6 Å². The molecule has 3 aromatic carbocycles. The zero-order valence-electron chi connectivity index (χ0n) is 30.5. The van der Waals surface area contributed by atoms with Gasteiger partial charge >= 0.3 is 0 Å². The first-order chi connectivity index (χ1) is 25.0. The Morgan fingerprint density at radius 3 is 2.49 bits per heavy atom. The quantitative estimate of drug-likeness (QED) is 0.172. The van der Waals surface area contributed by atoms with Crippen LogP contribution in [0.2, 0.25) is 0 Å². The highest BCUT2D eigenvalue weighted by molar-refractivity contribution is 6.07. The van der Waals surface area contributed by atoms with E-state index in [0.29, 0.717) is 32.2 Å². The minimum Gasteiger partial charge on any atom is -0.493 e. The molecule has 7 rings (SSSR count). The minimum atomic E-state index is -0.0732. The van der Waals surface area contributed by atoms with Crippen LogP contribution in [0.3, 0.4) is 0 Å². The van der Waals surface area contributed by atoms with Gasteiger partial charge in [-0.2, -0.15) is 5.10 Å². The molecular weight excluding hydrogens is 638 g/mol. The topological polar surface area (TPSA) is 81.1 Å². The van der Waals surface area contributed by atoms with E-state index in [4.69, 9.17) is 14.2 Å². The molecule has 0 spiro atoms. The van der Waals surface area contributed by atoms with E-state index in [-0.39, 0.29) is 5.91 Å². The van der Waals surface area contributed by atoms with E-state index in [1.54, 1.807) is 0 Å². The molecule has 4 heterocycles. The van der Waals surface area contributed by atoms with Crippen LogP contribution in [0.1, 0.15) is 62.6 Å². The predicted octanol–water partition coefficient (Wildman–Crippen LogP) is 7.81. The highest BCUT2D eigenvalue weighted by Gasteiger charge is 2.22. The molecule has 0 radical (unpaired) electrons. The molecular formula is C42H53N5O4. The number of anilines is 2. The first-order valence-electron chi connectivity index (χ1n) is 18.6. The Morgan fingerprint density at radius 2 is 1.78 bits per heavy atom. The Morgan fingerprint density at radius 1 is 0.980 bits per heavy atom. The number of hydrogen-bond donors (Lipinski definition) is 1. The number of para-hydroxylation sites is 1. The van der Waals surface area contributed by atoms with Crippen LogP contribution >= 0.6 is 0 Å². The monoisotopic (exact) mass is 691 g/mol. The maximum Gasteiger partial charge on any atom is 0.251 e. The highest BCUT2D eigenvalue weighted by atomic mass is 16.5. The number of amides is 1. The number of nitrogens with one attached hydrogen (secondary N) is 1. The first-order valence-corrected chi connectivity index (χ1v) is 18.6. The summed E-state index contributed by atoms with van der Waals surface area (Å²) in [4.78, 5) is 18.5. The smallest absolute Gasteiger partial charge is 0.251 e. The number of carbonyl (C=O) groups excluding carboxylic acids is 1. The number of likely N-dealkylation sites (N-methyl/N-ethyl adjacent to an activating group) is 1. The second-order valence-electron chi connectivity index (χ2n) is 13.5. The molecule has 2 fully saturated rings. The van der Waals surface area contributed by atoms with Gasteiger partial charge in [0.25, 0.3) is 5.91 Å². The van der Waals surface area contributed by atoms with Crippen LogP contribution in [-0.2, 0) is 33.9 Å². The number of benzene rings is 3. The van der Waals surface area contributed by atoms with Crippen molar-refractivity contribution in [1.82, 2.24) is 14.7 Å². The predicted molar refractivity (Wildman–Crippen MR) is 205 cm³/mol. The van der Waals surface area contributed by atoms with E-state index in [9.17, 15) is 4.79 Å². The van der Waals surface area contributed by atoms with Gasteiger partial charge in [0, 0.05) is 86.3 Å². The lowest BCUT2D eigenvalue weighted by molar-refractivity contribution is -0.112. The Kier molecular flexibility index (Phi) is 13.0. The number of carbonyl (C=O) groups is 1. The number of aromatic nitrogens is 2. The number of nitrogens with zero attached hydrogens (tertiary/aromatic N) is 4. The molecule has 9 nitrogen and oxygen atoms in total. The molecule has 1 amide bonds. The third kappa shape index (κ3) is 9.88. The van der Waals surface area contributed by atoms with Gasteiger partial charge in [0.15, 0.2) is 0 Å². The van der Waals surface area contributed by atoms with E-state index in [1.165, 1.54) is 24.8 Å². The van der Waals surface area contributed by atoms with Crippen molar-refractivity contribution in [2.75, 3.05) is 56.8 Å². The number of aryl methyl sites for hydroxylation is 1. The summed E-state index contributed by atoms with van der Waals surface area (Å²) in [5.74, 6) is 0.780. The summed E-state index contributed by atoms with van der Waals surface area (Å²) >= 11 is 0. The third-order valence-corrected chi connectivity index (χ3v) is 9.75. The average Bonchev–Trinajstić information content (AvgIpc) is 3.87. The highest BCUT2D eigenvalue weighted by Crippen LogP contribution is 2.36. The molecule has 0 saturated carbocycles. The van der Waals surface area contributed by atoms with Crippen molar-refractivity contribution >= 4 is 23.4 Å². The van der Waals surface area contributed by atoms with Crippen molar-refractivity contribution < 1.29 is 19.0 Å². The van der Waals surface area contributed by atoms with Gasteiger partial charge in [-0.25, -0.2) is 0 Å². The molecule has 3 aliphatic heterocycles. The minimum absolute atomic E-state index is 0.0732. The second kappa shape index (κ2) is 18.2. The Balaban J connectivity index is 0.000000825. The summed E-state index contributed by atoms with van der Waals surface area (Å²) in [7, 11) is 2.16. The fraction of sp³-hybridized carbons (Fsp3) is 0.429. The third-order valence-electron chi connectivity index (χ3n) is 9.75. The van der Waals surface area contributed by atoms with E-state index in [0.717, 1.165) is 90.9 Å². The fourth-order valence-electron chi connectivity index (χ4n) is 6.88. The van der Waals surface area contributed by atoms with Crippen LogP contribution in [-0.4, -0.2) is 73.3 Å². The molecule has 4 aromatic rings. The summed E-state index contributed by atoms with van der Waals surface area (Å²) < 4.78 is 18.5. The van der Waals surface area contributed by atoms with Crippen molar-refractivity contribution in [2.24, 2.45) is 0 Å². The summed E-state index contributed by atoms with van der Waals surface area (Å²) in [5.41, 5.74) is 8.12. The lowest BCUT2D eigenvalue weighted by Gasteiger charge is -2.31. The number of fused-ring (bicyclic) bond motifs is 1. The molecule has 1 aromatic heterocycles. The Bertz CT molecular complexity index is 1730. The summed E-state index contributed by atoms with van der Waals surface area (Å²) in [5, 5.41) is 7.66. The van der Waals surface area contributed by atoms with E-state index >= 15 is 0 Å². The average molecular weight is 692 g/mol. The standard InChI is InChI=1S/C38H45N5O3.C4H8O/c1-4-43-26-29(23-39-43)25-42-19-18-31(22-32-21-30(14-17-36(32)42)35-10-6-7-11-37(35)46-5-2)38(44)40-33-15-12-28(13-16-33)24-41(3)34-9-8-20-45-27-34;1-2-4-5-3-1/h6-7,10-17,21-23,26,34H,4-5,8-9,18-20,24-25,27H2,1-3H3,(H,40,44);1-4H2. The number of rotatable bonds is 11. The molecule has 270 valence electrons. The molecule has 0 aliphatic carbocycles. The van der Waals surface area contributed by atoms with Crippen molar-refractivity contribution in [3.63, 3.8) is 0 Å². The molecule has 1 atom stereocenters. The van der Waals surface area contributed by atoms with Crippen molar-refractivity contribution in [1.29, 1.82) is 0 Å². The van der Waals surface area contributed by atoms with Crippen LogP contribution in [0.5, 0.6) is 5.75 Å². The maximum atomic E-state index is 13.7. The van der Waals surface area contributed by atoms with E-state index in [2.05, 4.69) is 82.9 Å². The van der Waals surface area contributed by atoms with Gasteiger partial charge in [-0.05, 0) is 106 Å². The zero-order chi connectivity index (χ0) is 35.4.